The van der Waals surface area contributed by atoms with E-state index in [0.717, 1.165) is 18.2 Å². The molecule has 0 aliphatic carbocycles. The van der Waals surface area contributed by atoms with Gasteiger partial charge in [0.2, 0.25) is 15.6 Å². The van der Waals surface area contributed by atoms with Gasteiger partial charge in [-0.1, -0.05) is 0 Å². The average molecular weight is 392 g/mol. The summed E-state index contributed by atoms with van der Waals surface area (Å²) in [6.07, 6.45) is -4.34. The third kappa shape index (κ3) is 5.05. The van der Waals surface area contributed by atoms with Gasteiger partial charge in [-0.15, -0.1) is 0 Å². The maximum absolute atomic E-state index is 13.1. The van der Waals surface area contributed by atoms with E-state index in [1.165, 1.54) is 0 Å². The molecule has 0 aliphatic heterocycles. The van der Waals surface area contributed by atoms with Crippen LogP contribution in [0.4, 0.5) is 13.2 Å². The molecule has 2 rings (SSSR count). The van der Waals surface area contributed by atoms with Crippen LogP contribution in [-0.4, -0.2) is 32.7 Å². The van der Waals surface area contributed by atoms with E-state index in [-0.39, 0.29) is 28.4 Å². The number of aromatic amines is 1. The van der Waals surface area contributed by atoms with Crippen molar-refractivity contribution in [3.8, 4) is 0 Å². The lowest BCUT2D eigenvalue weighted by atomic mass is 10.1. The Bertz CT molecular complexity index is 937. The number of H-pyrrole nitrogens is 1. The van der Waals surface area contributed by atoms with Gasteiger partial charge in [-0.05, 0) is 38.5 Å². The number of alkyl halides is 3. The summed E-state index contributed by atoms with van der Waals surface area (Å²) in [7, 11) is -3.99. The number of rotatable bonds is 7. The number of hydrogen-bond acceptors (Lipinski definition) is 4. The Kier molecular flexibility index (Phi) is 6.09. The first-order valence-corrected chi connectivity index (χ1v) is 9.34. The first kappa shape index (κ1) is 20.4. The molecule has 0 unspecified atom stereocenters. The van der Waals surface area contributed by atoms with Crippen LogP contribution in [0.2, 0.25) is 0 Å². The Balaban J connectivity index is 2.29. The summed E-state index contributed by atoms with van der Waals surface area (Å²) in [4.78, 5) is 13.3. The average Bonchev–Trinajstić information content (AvgIpc) is 2.52. The van der Waals surface area contributed by atoms with E-state index in [1.807, 2.05) is 13.8 Å². The third-order valence-corrected chi connectivity index (χ3v) is 4.95. The second-order valence-electron chi connectivity index (χ2n) is 5.92. The molecule has 0 aliphatic rings. The standard InChI is InChI=1S/C16H19F3N2O4S/c1-10(2)25-7-3-6-20-26(23,24)11-4-5-14-12(8-11)13(16(17,18)19)9-15(22)21-14/h4-5,8-10,20H,3,6-7H2,1-2H3,(H,21,22). The van der Waals surface area contributed by atoms with Crippen molar-refractivity contribution >= 4 is 20.9 Å². The van der Waals surface area contributed by atoms with Crippen molar-refractivity contribution in [3.05, 3.63) is 40.2 Å². The van der Waals surface area contributed by atoms with Crippen LogP contribution in [0, 0.1) is 0 Å². The molecule has 0 saturated heterocycles. The Labute approximate surface area is 148 Å². The van der Waals surface area contributed by atoms with Crippen molar-refractivity contribution in [2.75, 3.05) is 13.2 Å². The highest BCUT2D eigenvalue weighted by Gasteiger charge is 2.33. The van der Waals surface area contributed by atoms with E-state index in [4.69, 9.17) is 4.74 Å². The van der Waals surface area contributed by atoms with Crippen molar-refractivity contribution in [3.63, 3.8) is 0 Å². The van der Waals surface area contributed by atoms with Gasteiger partial charge < -0.3 is 9.72 Å². The lowest BCUT2D eigenvalue weighted by Crippen LogP contribution is -2.26. The highest BCUT2D eigenvalue weighted by molar-refractivity contribution is 7.89. The Hall–Kier alpha value is -1.91. The minimum absolute atomic E-state index is 0.0232. The number of ether oxygens (including phenoxy) is 1. The fraction of sp³-hybridized carbons (Fsp3) is 0.438. The van der Waals surface area contributed by atoms with Crippen molar-refractivity contribution < 1.29 is 26.3 Å². The lowest BCUT2D eigenvalue weighted by Gasteiger charge is -2.12. The van der Waals surface area contributed by atoms with Gasteiger partial charge in [0.15, 0.2) is 0 Å². The van der Waals surface area contributed by atoms with Crippen LogP contribution >= 0.6 is 0 Å². The van der Waals surface area contributed by atoms with Gasteiger partial charge in [0.1, 0.15) is 0 Å². The van der Waals surface area contributed by atoms with Gasteiger partial charge >= 0.3 is 6.18 Å². The van der Waals surface area contributed by atoms with Gasteiger partial charge in [0.25, 0.3) is 0 Å². The van der Waals surface area contributed by atoms with Gasteiger partial charge in [0, 0.05) is 30.1 Å². The predicted octanol–water partition coefficient (Wildman–Crippen LogP) is 2.64. The number of fused-ring (bicyclic) bond motifs is 1. The number of sulfonamides is 1. The molecule has 6 nitrogen and oxygen atoms in total. The number of benzene rings is 1. The fourth-order valence-electron chi connectivity index (χ4n) is 2.32. The number of halogens is 3. The summed E-state index contributed by atoms with van der Waals surface area (Å²) >= 11 is 0. The molecule has 144 valence electrons. The molecule has 0 fully saturated rings. The molecule has 2 N–H and O–H groups in total. The molecule has 1 aromatic heterocycles. The van der Waals surface area contributed by atoms with Gasteiger partial charge in [-0.3, -0.25) is 4.79 Å². The monoisotopic (exact) mass is 392 g/mol. The largest absolute Gasteiger partial charge is 0.417 e. The third-order valence-electron chi connectivity index (χ3n) is 3.49. The summed E-state index contributed by atoms with van der Waals surface area (Å²) in [6.45, 7) is 4.14. The summed E-state index contributed by atoms with van der Waals surface area (Å²) in [5.74, 6) is 0. The van der Waals surface area contributed by atoms with Crippen molar-refractivity contribution in [2.45, 2.75) is 37.4 Å². The predicted molar refractivity (Wildman–Crippen MR) is 90.5 cm³/mol. The van der Waals surface area contributed by atoms with E-state index in [9.17, 15) is 26.4 Å². The highest BCUT2D eigenvalue weighted by atomic mass is 32.2. The smallest absolute Gasteiger partial charge is 0.379 e. The van der Waals surface area contributed by atoms with Crippen LogP contribution < -0.4 is 10.3 Å². The van der Waals surface area contributed by atoms with Gasteiger partial charge in [0.05, 0.1) is 16.6 Å². The fourth-order valence-corrected chi connectivity index (χ4v) is 3.42. The molecule has 0 atom stereocenters. The van der Waals surface area contributed by atoms with E-state index in [0.29, 0.717) is 19.1 Å². The summed E-state index contributed by atoms with van der Waals surface area (Å²) in [5, 5.41) is -0.386. The maximum atomic E-state index is 13.1. The first-order chi connectivity index (χ1) is 12.0. The molecule has 0 radical (unpaired) electrons. The van der Waals surface area contributed by atoms with E-state index < -0.39 is 27.3 Å². The molecule has 1 heterocycles. The Morgan fingerprint density at radius 2 is 1.92 bits per heavy atom. The van der Waals surface area contributed by atoms with Crippen LogP contribution in [-0.2, 0) is 20.9 Å². The van der Waals surface area contributed by atoms with Crippen LogP contribution in [0.25, 0.3) is 10.9 Å². The van der Waals surface area contributed by atoms with Crippen LogP contribution in [0.1, 0.15) is 25.8 Å². The second kappa shape index (κ2) is 7.77. The van der Waals surface area contributed by atoms with Crippen LogP contribution in [0.5, 0.6) is 0 Å². The minimum Gasteiger partial charge on any atom is -0.379 e. The number of nitrogens with one attached hydrogen (secondary N) is 2. The molecule has 0 amide bonds. The van der Waals surface area contributed by atoms with Crippen molar-refractivity contribution in [1.82, 2.24) is 9.71 Å². The second-order valence-corrected chi connectivity index (χ2v) is 7.69. The zero-order valence-corrected chi connectivity index (χ0v) is 15.0. The van der Waals surface area contributed by atoms with E-state index in [1.54, 1.807) is 0 Å². The summed E-state index contributed by atoms with van der Waals surface area (Å²) in [6, 6.07) is 3.60. The lowest BCUT2D eigenvalue weighted by molar-refractivity contribution is -0.136. The molecule has 2 aromatic rings. The number of aromatic nitrogens is 1. The molecule has 26 heavy (non-hydrogen) atoms. The van der Waals surface area contributed by atoms with Crippen LogP contribution in [0.3, 0.4) is 0 Å². The summed E-state index contributed by atoms with van der Waals surface area (Å²) in [5.41, 5.74) is -2.18. The van der Waals surface area contributed by atoms with E-state index in [2.05, 4.69) is 9.71 Å². The first-order valence-electron chi connectivity index (χ1n) is 7.86. The van der Waals surface area contributed by atoms with Crippen molar-refractivity contribution in [2.24, 2.45) is 0 Å². The molecule has 0 bridgehead atoms. The van der Waals surface area contributed by atoms with Crippen LogP contribution in [0.15, 0.2) is 34.0 Å². The molecular weight excluding hydrogens is 373 g/mol. The zero-order chi connectivity index (χ0) is 19.5. The topological polar surface area (TPSA) is 88.3 Å². The minimum atomic E-state index is -4.78. The summed E-state index contributed by atoms with van der Waals surface area (Å²) < 4.78 is 71.6. The SMILES string of the molecule is CC(C)OCCCNS(=O)(=O)c1ccc2[nH]c(=O)cc(C(F)(F)F)c2c1. The quantitative estimate of drug-likeness (QED) is 0.709. The normalized spacial score (nSPS) is 12.8. The molecule has 0 saturated carbocycles. The Morgan fingerprint density at radius 1 is 1.23 bits per heavy atom. The number of pyridine rings is 1. The zero-order valence-electron chi connectivity index (χ0n) is 14.2. The van der Waals surface area contributed by atoms with Crippen molar-refractivity contribution in [1.29, 1.82) is 0 Å². The Morgan fingerprint density at radius 3 is 2.54 bits per heavy atom. The van der Waals surface area contributed by atoms with Gasteiger partial charge in [-0.2, -0.15) is 13.2 Å². The van der Waals surface area contributed by atoms with Gasteiger partial charge in [-0.25, -0.2) is 13.1 Å². The maximum Gasteiger partial charge on any atom is 0.417 e. The van der Waals surface area contributed by atoms with E-state index >= 15 is 0 Å². The molecular formula is C16H19F3N2O4S. The molecule has 1 aromatic carbocycles. The number of hydrogen-bond donors (Lipinski definition) is 2. The molecule has 10 heteroatoms. The highest BCUT2D eigenvalue weighted by Crippen LogP contribution is 2.34. The molecule has 0 spiro atoms.